The molecule has 2 heteroatoms. The maximum Gasteiger partial charge on any atom is 0.124 e. The zero-order chi connectivity index (χ0) is 13.1. The molecule has 1 rings (SSSR count). The molecule has 0 atom stereocenters. The summed E-state index contributed by atoms with van der Waals surface area (Å²) in [5, 5.41) is 1.36. The fraction of sp³-hybridized carbons (Fsp3) is 0.533. The van der Waals surface area contributed by atoms with Crippen molar-refractivity contribution in [3.8, 4) is 0 Å². The van der Waals surface area contributed by atoms with Gasteiger partial charge in [0.1, 0.15) is 6.29 Å². The summed E-state index contributed by atoms with van der Waals surface area (Å²) in [4.78, 5) is 11.9. The van der Waals surface area contributed by atoms with Crippen LogP contribution in [-0.2, 0) is 11.2 Å². The van der Waals surface area contributed by atoms with Crippen molar-refractivity contribution in [3.63, 3.8) is 0 Å². The van der Waals surface area contributed by atoms with E-state index < -0.39 is 10.0 Å². The smallest absolute Gasteiger partial charge is 0.124 e. The van der Waals surface area contributed by atoms with Crippen LogP contribution >= 0.6 is 10.0 Å². The van der Waals surface area contributed by atoms with Crippen LogP contribution < -0.4 is 0 Å². The van der Waals surface area contributed by atoms with E-state index in [2.05, 4.69) is 58.2 Å². The minimum Gasteiger partial charge on any atom is -0.303 e. The van der Waals surface area contributed by atoms with Gasteiger partial charge in [-0.1, -0.05) is 39.8 Å². The van der Waals surface area contributed by atoms with Crippen molar-refractivity contribution in [3.05, 3.63) is 29.8 Å². The van der Waals surface area contributed by atoms with Gasteiger partial charge >= 0.3 is 0 Å². The highest BCUT2D eigenvalue weighted by atomic mass is 32.3. The van der Waals surface area contributed by atoms with Gasteiger partial charge in [0, 0.05) is 6.42 Å². The molecule has 0 radical (unpaired) electrons. The number of rotatable bonds is 5. The van der Waals surface area contributed by atoms with E-state index in [9.17, 15) is 4.79 Å². The molecule has 0 bridgehead atoms. The largest absolute Gasteiger partial charge is 0.303 e. The number of aldehydes is 1. The number of hydrogen-bond donors (Lipinski definition) is 0. The minimum absolute atomic E-state index is 0.523. The molecule has 0 unspecified atom stereocenters. The SMILES string of the molecule is CC(C)S(C)(c1ccc(CC=O)cc1)C(C)C. The molecule has 0 amide bonds. The van der Waals surface area contributed by atoms with Crippen molar-refractivity contribution < 1.29 is 4.79 Å². The Kier molecular flexibility index (Phi) is 4.81. The second kappa shape index (κ2) is 5.72. The van der Waals surface area contributed by atoms with Gasteiger partial charge in [-0.05, 0) is 39.3 Å². The molecule has 0 N–H and O–H groups in total. The van der Waals surface area contributed by atoms with E-state index in [1.54, 1.807) is 0 Å². The average Bonchev–Trinajstić information content (AvgIpc) is 2.28. The third-order valence-corrected chi connectivity index (χ3v) is 8.91. The van der Waals surface area contributed by atoms with Crippen LogP contribution in [0.15, 0.2) is 29.2 Å². The van der Waals surface area contributed by atoms with Crippen molar-refractivity contribution in [1.29, 1.82) is 0 Å². The second-order valence-corrected chi connectivity index (χ2v) is 9.61. The first-order valence-electron chi connectivity index (χ1n) is 6.21. The molecule has 0 saturated heterocycles. The van der Waals surface area contributed by atoms with Crippen LogP contribution in [0.4, 0.5) is 0 Å². The van der Waals surface area contributed by atoms with Crippen LogP contribution in [0.3, 0.4) is 0 Å². The summed E-state index contributed by atoms with van der Waals surface area (Å²) in [5.74, 6) is 0. The lowest BCUT2D eigenvalue weighted by Crippen LogP contribution is -2.20. The highest BCUT2D eigenvalue weighted by Gasteiger charge is 2.28. The molecule has 1 aromatic carbocycles. The first kappa shape index (κ1) is 14.3. The fourth-order valence-corrected chi connectivity index (χ4v) is 5.00. The predicted molar refractivity (Wildman–Crippen MR) is 78.3 cm³/mol. The molecule has 1 nitrogen and oxygen atoms in total. The van der Waals surface area contributed by atoms with E-state index in [4.69, 9.17) is 0 Å². The van der Waals surface area contributed by atoms with E-state index in [0.717, 1.165) is 11.8 Å². The standard InChI is InChI=1S/C15H24OS/c1-12(2)17(5,13(3)4)15-8-6-14(7-9-15)10-11-16/h6-9,11-13H,10H2,1-5H3. The Morgan fingerprint density at radius 3 is 1.88 bits per heavy atom. The first-order chi connectivity index (χ1) is 7.92. The highest BCUT2D eigenvalue weighted by Crippen LogP contribution is 2.60. The molecule has 0 spiro atoms. The summed E-state index contributed by atoms with van der Waals surface area (Å²) >= 11 is 0. The van der Waals surface area contributed by atoms with Crippen LogP contribution in [-0.4, -0.2) is 23.0 Å². The Morgan fingerprint density at radius 1 is 1.06 bits per heavy atom. The normalized spacial score (nSPS) is 13.1. The zero-order valence-electron chi connectivity index (χ0n) is 11.6. The summed E-state index contributed by atoms with van der Waals surface area (Å²) < 4.78 is 0. The second-order valence-electron chi connectivity index (χ2n) is 5.16. The molecule has 17 heavy (non-hydrogen) atoms. The summed E-state index contributed by atoms with van der Waals surface area (Å²) in [7, 11) is -0.771. The number of benzene rings is 1. The van der Waals surface area contributed by atoms with Gasteiger partial charge in [-0.25, -0.2) is 10.0 Å². The van der Waals surface area contributed by atoms with Crippen LogP contribution in [0.2, 0.25) is 0 Å². The van der Waals surface area contributed by atoms with Gasteiger partial charge < -0.3 is 4.79 Å². The average molecular weight is 252 g/mol. The highest BCUT2D eigenvalue weighted by molar-refractivity contribution is 8.34. The molecule has 0 fully saturated rings. The molecule has 96 valence electrons. The lowest BCUT2D eigenvalue weighted by molar-refractivity contribution is -0.107. The number of carbonyl (C=O) groups is 1. The zero-order valence-corrected chi connectivity index (χ0v) is 12.4. The molecule has 0 aromatic heterocycles. The van der Waals surface area contributed by atoms with Gasteiger partial charge in [0.2, 0.25) is 0 Å². The summed E-state index contributed by atoms with van der Waals surface area (Å²) in [6.45, 7) is 9.26. The van der Waals surface area contributed by atoms with Gasteiger partial charge in [0.15, 0.2) is 0 Å². The topological polar surface area (TPSA) is 17.1 Å². The molecule has 0 aliphatic rings. The molecular weight excluding hydrogens is 228 g/mol. The third kappa shape index (κ3) is 2.92. The van der Waals surface area contributed by atoms with E-state index in [0.29, 0.717) is 16.9 Å². The summed E-state index contributed by atoms with van der Waals surface area (Å²) in [6.07, 6.45) is 3.90. The fourth-order valence-electron chi connectivity index (χ4n) is 2.10. The quantitative estimate of drug-likeness (QED) is 0.723. The van der Waals surface area contributed by atoms with Crippen molar-refractivity contribution >= 4 is 16.3 Å². The van der Waals surface area contributed by atoms with Gasteiger partial charge in [0.05, 0.1) is 0 Å². The first-order valence-corrected chi connectivity index (χ1v) is 8.38. The molecule has 1 aromatic rings. The van der Waals surface area contributed by atoms with Crippen LogP contribution in [0, 0.1) is 0 Å². The van der Waals surface area contributed by atoms with Crippen LogP contribution in [0.25, 0.3) is 0 Å². The Labute approximate surface area is 107 Å². The van der Waals surface area contributed by atoms with Crippen molar-refractivity contribution in [2.45, 2.75) is 49.5 Å². The van der Waals surface area contributed by atoms with Gasteiger partial charge in [-0.3, -0.25) is 0 Å². The number of hydrogen-bond acceptors (Lipinski definition) is 1. The van der Waals surface area contributed by atoms with E-state index in [1.165, 1.54) is 4.90 Å². The van der Waals surface area contributed by atoms with Crippen LogP contribution in [0.5, 0.6) is 0 Å². The minimum atomic E-state index is -0.771. The molecule has 0 aliphatic carbocycles. The molecular formula is C15H24OS. The Balaban J connectivity index is 3.08. The Bertz CT molecular complexity index is 357. The molecule has 0 aliphatic heterocycles. The Hall–Kier alpha value is -0.760. The van der Waals surface area contributed by atoms with E-state index in [1.807, 2.05) is 0 Å². The molecule has 0 heterocycles. The monoisotopic (exact) mass is 252 g/mol. The van der Waals surface area contributed by atoms with Crippen molar-refractivity contribution in [2.24, 2.45) is 0 Å². The lowest BCUT2D eigenvalue weighted by Gasteiger charge is -2.44. The maximum atomic E-state index is 10.5. The molecule has 0 saturated carbocycles. The van der Waals surface area contributed by atoms with Gasteiger partial charge in [-0.2, -0.15) is 0 Å². The van der Waals surface area contributed by atoms with Crippen LogP contribution in [0.1, 0.15) is 33.3 Å². The summed E-state index contributed by atoms with van der Waals surface area (Å²) in [6, 6.07) is 8.63. The summed E-state index contributed by atoms with van der Waals surface area (Å²) in [5.41, 5.74) is 1.11. The predicted octanol–water partition coefficient (Wildman–Crippen LogP) is 4.04. The third-order valence-electron chi connectivity index (χ3n) is 3.71. The van der Waals surface area contributed by atoms with Gasteiger partial charge in [0.25, 0.3) is 0 Å². The number of carbonyl (C=O) groups excluding carboxylic acids is 1. The van der Waals surface area contributed by atoms with E-state index >= 15 is 0 Å². The van der Waals surface area contributed by atoms with Gasteiger partial charge in [-0.15, -0.1) is 0 Å². The van der Waals surface area contributed by atoms with Crippen molar-refractivity contribution in [1.82, 2.24) is 0 Å². The maximum absolute atomic E-state index is 10.5. The van der Waals surface area contributed by atoms with E-state index in [-0.39, 0.29) is 0 Å². The Morgan fingerprint density at radius 2 is 1.53 bits per heavy atom. The van der Waals surface area contributed by atoms with Crippen molar-refractivity contribution in [2.75, 3.05) is 6.26 Å². The lowest BCUT2D eigenvalue weighted by atomic mass is 10.2.